The summed E-state index contributed by atoms with van der Waals surface area (Å²) in [6, 6.07) is 23.5. The molecule has 1 heterocycles. The first kappa shape index (κ1) is 27.2. The molecule has 1 fully saturated rings. The van der Waals surface area contributed by atoms with Gasteiger partial charge in [0, 0.05) is 11.7 Å². The molecule has 1 unspecified atom stereocenters. The molecule has 0 spiro atoms. The van der Waals surface area contributed by atoms with Crippen molar-refractivity contribution < 1.29 is 18.7 Å². The number of ether oxygens (including phenoxy) is 1. The number of aryl methyl sites for hydroxylation is 1. The van der Waals surface area contributed by atoms with Crippen molar-refractivity contribution in [3.8, 4) is 17.0 Å². The van der Waals surface area contributed by atoms with Crippen LogP contribution in [0.5, 0.6) is 5.75 Å². The summed E-state index contributed by atoms with van der Waals surface area (Å²) in [5.74, 6) is -0.686. The Labute approximate surface area is 234 Å². The molecule has 0 saturated heterocycles. The number of benzene rings is 3. The fraction of sp³-hybridized carbons (Fsp3) is 0.273. The van der Waals surface area contributed by atoms with E-state index >= 15 is 0 Å². The molecule has 3 aromatic carbocycles. The van der Waals surface area contributed by atoms with Crippen LogP contribution in [0, 0.1) is 12.7 Å². The summed E-state index contributed by atoms with van der Waals surface area (Å²) in [6.45, 7) is 1.92. The highest BCUT2D eigenvalue weighted by Gasteiger charge is 2.36. The number of halogens is 1. The van der Waals surface area contributed by atoms with Crippen molar-refractivity contribution in [1.82, 2.24) is 10.3 Å². The topological polar surface area (TPSA) is 74.4 Å². The van der Waals surface area contributed by atoms with Crippen LogP contribution in [-0.2, 0) is 4.79 Å². The van der Waals surface area contributed by atoms with Crippen molar-refractivity contribution in [1.29, 1.82) is 0 Å². The number of aromatic amines is 1. The molecule has 4 aromatic rings. The van der Waals surface area contributed by atoms with Gasteiger partial charge in [0.25, 0.3) is 5.91 Å². The van der Waals surface area contributed by atoms with E-state index in [2.05, 4.69) is 10.3 Å². The highest BCUT2D eigenvalue weighted by atomic mass is 19.1. The number of amides is 2. The Kier molecular flexibility index (Phi) is 8.29. The van der Waals surface area contributed by atoms with Crippen LogP contribution < -0.4 is 15.0 Å². The molecular formula is C33H34FN3O3. The van der Waals surface area contributed by atoms with Gasteiger partial charge in [0.2, 0.25) is 5.91 Å². The van der Waals surface area contributed by atoms with Crippen molar-refractivity contribution in [2.24, 2.45) is 0 Å². The smallest absolute Gasteiger partial charge is 0.275 e. The van der Waals surface area contributed by atoms with Crippen LogP contribution in [-0.4, -0.2) is 29.9 Å². The van der Waals surface area contributed by atoms with Crippen molar-refractivity contribution in [2.75, 3.05) is 12.0 Å². The minimum atomic E-state index is -1.06. The third kappa shape index (κ3) is 5.93. The molecule has 40 heavy (non-hydrogen) atoms. The van der Waals surface area contributed by atoms with Gasteiger partial charge in [0.15, 0.2) is 0 Å². The third-order valence-electron chi connectivity index (χ3n) is 7.46. The van der Waals surface area contributed by atoms with Crippen molar-refractivity contribution in [3.05, 3.63) is 108 Å². The molecule has 7 heteroatoms. The van der Waals surface area contributed by atoms with Crippen LogP contribution in [0.2, 0.25) is 0 Å². The molecule has 0 radical (unpaired) electrons. The summed E-state index contributed by atoms with van der Waals surface area (Å²) in [4.78, 5) is 33.3. The van der Waals surface area contributed by atoms with Gasteiger partial charge in [-0.2, -0.15) is 0 Å². The van der Waals surface area contributed by atoms with E-state index in [9.17, 15) is 14.0 Å². The quantitative estimate of drug-likeness (QED) is 0.254. The average Bonchev–Trinajstić information content (AvgIpc) is 3.48. The lowest BCUT2D eigenvalue weighted by molar-refractivity contribution is -0.123. The number of hydrogen-bond acceptors (Lipinski definition) is 3. The van der Waals surface area contributed by atoms with Gasteiger partial charge in [-0.25, -0.2) is 4.39 Å². The summed E-state index contributed by atoms with van der Waals surface area (Å²) in [5, 5.41) is 3.19. The van der Waals surface area contributed by atoms with Gasteiger partial charge in [0.1, 0.15) is 23.3 Å². The van der Waals surface area contributed by atoms with Crippen LogP contribution in [0.1, 0.15) is 59.8 Å². The van der Waals surface area contributed by atoms with E-state index in [1.807, 2.05) is 55.5 Å². The van der Waals surface area contributed by atoms with E-state index in [-0.39, 0.29) is 11.9 Å². The van der Waals surface area contributed by atoms with Crippen LogP contribution in [0.15, 0.2) is 84.9 Å². The number of aromatic nitrogens is 1. The Bertz CT molecular complexity index is 1460. The third-order valence-corrected chi connectivity index (χ3v) is 7.46. The molecule has 0 bridgehead atoms. The van der Waals surface area contributed by atoms with Gasteiger partial charge in [-0.15, -0.1) is 0 Å². The van der Waals surface area contributed by atoms with Gasteiger partial charge in [-0.1, -0.05) is 67.8 Å². The van der Waals surface area contributed by atoms with E-state index < -0.39 is 17.8 Å². The Hall–Kier alpha value is -4.39. The minimum absolute atomic E-state index is 0.0238. The molecule has 1 atom stereocenters. The van der Waals surface area contributed by atoms with E-state index in [0.29, 0.717) is 22.7 Å². The van der Waals surface area contributed by atoms with Crippen molar-refractivity contribution in [3.63, 3.8) is 0 Å². The molecule has 1 saturated carbocycles. The second-order valence-corrected chi connectivity index (χ2v) is 10.3. The second kappa shape index (κ2) is 12.2. The highest BCUT2D eigenvalue weighted by Crippen LogP contribution is 2.37. The molecule has 0 aliphatic heterocycles. The maximum Gasteiger partial charge on any atom is 0.275 e. The normalized spacial score (nSPS) is 14.4. The minimum Gasteiger partial charge on any atom is -0.495 e. The Morgan fingerprint density at radius 2 is 1.68 bits per heavy atom. The van der Waals surface area contributed by atoms with Crippen molar-refractivity contribution in [2.45, 2.75) is 51.1 Å². The summed E-state index contributed by atoms with van der Waals surface area (Å²) >= 11 is 0. The van der Waals surface area contributed by atoms with E-state index in [1.165, 1.54) is 24.1 Å². The number of H-pyrrole nitrogens is 1. The monoisotopic (exact) mass is 539 g/mol. The lowest BCUT2D eigenvalue weighted by atomic mass is 9.94. The molecule has 206 valence electrons. The molecule has 1 aliphatic rings. The first-order valence-electron chi connectivity index (χ1n) is 13.7. The number of anilines is 1. The Balaban J connectivity index is 1.63. The molecule has 2 amide bonds. The number of rotatable bonds is 8. The van der Waals surface area contributed by atoms with Crippen LogP contribution in [0.25, 0.3) is 11.3 Å². The molecule has 1 aromatic heterocycles. The first-order chi connectivity index (χ1) is 19.4. The summed E-state index contributed by atoms with van der Waals surface area (Å²) in [5.41, 5.74) is 3.89. The van der Waals surface area contributed by atoms with Gasteiger partial charge in [-0.3, -0.25) is 14.5 Å². The number of nitrogens with one attached hydrogen (secondary N) is 2. The number of carbonyl (C=O) groups excluding carboxylic acids is 2. The molecule has 6 nitrogen and oxygen atoms in total. The van der Waals surface area contributed by atoms with Gasteiger partial charge >= 0.3 is 0 Å². The second-order valence-electron chi connectivity index (χ2n) is 10.3. The largest absolute Gasteiger partial charge is 0.495 e. The predicted molar refractivity (Wildman–Crippen MR) is 155 cm³/mol. The molecule has 2 N–H and O–H groups in total. The SMILES string of the molecule is COc1ccc(C)cc1N(C(=O)c1ccc(-c2ccccc2)[nH]1)C(C(=O)NC1CCCCC1)c1ccc(F)cc1. The zero-order valence-corrected chi connectivity index (χ0v) is 22.8. The van der Waals surface area contributed by atoms with Crippen molar-refractivity contribution >= 4 is 17.5 Å². The Morgan fingerprint density at radius 3 is 2.38 bits per heavy atom. The lowest BCUT2D eigenvalue weighted by Crippen LogP contribution is -2.47. The summed E-state index contributed by atoms with van der Waals surface area (Å²) in [7, 11) is 1.54. The summed E-state index contributed by atoms with van der Waals surface area (Å²) < 4.78 is 19.7. The van der Waals surface area contributed by atoms with Gasteiger partial charge < -0.3 is 15.0 Å². The Morgan fingerprint density at radius 1 is 0.950 bits per heavy atom. The van der Waals surface area contributed by atoms with E-state index in [0.717, 1.165) is 48.9 Å². The fourth-order valence-corrected chi connectivity index (χ4v) is 5.38. The first-order valence-corrected chi connectivity index (χ1v) is 13.7. The molecule has 5 rings (SSSR count). The predicted octanol–water partition coefficient (Wildman–Crippen LogP) is 6.97. The molecular weight excluding hydrogens is 505 g/mol. The van der Waals surface area contributed by atoms with Gasteiger partial charge in [-0.05, 0) is 72.9 Å². The standard InChI is InChI=1S/C33H34FN3O3/c1-22-13-20-30(40-2)29(21-22)37(33(39)28-19-18-27(36-28)23-9-5-3-6-10-23)31(24-14-16-25(34)17-15-24)32(38)35-26-11-7-4-8-12-26/h3,5-6,9-10,13-21,26,31,36H,4,7-8,11-12H2,1-2H3,(H,35,38). The molecule has 1 aliphatic carbocycles. The summed E-state index contributed by atoms with van der Waals surface area (Å²) in [6.07, 6.45) is 5.02. The van der Waals surface area contributed by atoms with Gasteiger partial charge in [0.05, 0.1) is 12.8 Å². The maximum absolute atomic E-state index is 14.4. The average molecular weight is 540 g/mol. The van der Waals surface area contributed by atoms with E-state index in [4.69, 9.17) is 4.74 Å². The number of methoxy groups -OCH3 is 1. The number of carbonyl (C=O) groups is 2. The fourth-order valence-electron chi connectivity index (χ4n) is 5.38. The number of hydrogen-bond donors (Lipinski definition) is 2. The number of nitrogens with zero attached hydrogens (tertiary/aromatic N) is 1. The zero-order valence-electron chi connectivity index (χ0n) is 22.8. The zero-order chi connectivity index (χ0) is 28.1. The van der Waals surface area contributed by atoms with E-state index in [1.54, 1.807) is 24.3 Å². The van der Waals surface area contributed by atoms with Crippen LogP contribution >= 0.6 is 0 Å². The highest BCUT2D eigenvalue weighted by molar-refractivity contribution is 6.10. The lowest BCUT2D eigenvalue weighted by Gasteiger charge is -2.34. The van der Waals surface area contributed by atoms with Crippen LogP contribution in [0.4, 0.5) is 10.1 Å². The maximum atomic E-state index is 14.4. The van der Waals surface area contributed by atoms with Crippen LogP contribution in [0.3, 0.4) is 0 Å².